The van der Waals surface area contributed by atoms with E-state index in [4.69, 9.17) is 4.98 Å². The van der Waals surface area contributed by atoms with E-state index in [1.807, 2.05) is 24.5 Å². The number of aromatic nitrogens is 2. The van der Waals surface area contributed by atoms with Gasteiger partial charge in [0, 0.05) is 10.9 Å². The second kappa shape index (κ2) is 5.43. The number of rotatable bonds is 2. The van der Waals surface area contributed by atoms with Crippen molar-refractivity contribution in [3.05, 3.63) is 66.7 Å². The molecule has 0 fully saturated rings. The van der Waals surface area contributed by atoms with Gasteiger partial charge in [-0.05, 0) is 29.2 Å². The molecule has 2 nitrogen and oxygen atoms in total. The Morgan fingerprint density at radius 3 is 2.41 bits per heavy atom. The first-order valence-electron chi connectivity index (χ1n) is 7.15. The van der Waals surface area contributed by atoms with Crippen LogP contribution in [-0.4, -0.2) is 16.2 Å². The Morgan fingerprint density at radius 1 is 0.773 bits per heavy atom. The van der Waals surface area contributed by atoms with Crippen molar-refractivity contribution in [2.24, 2.45) is 0 Å². The maximum atomic E-state index is 4.75. The van der Waals surface area contributed by atoms with Gasteiger partial charge in [0.15, 0.2) is 5.16 Å². The molecule has 0 aliphatic carbocycles. The predicted octanol–water partition coefficient (Wildman–Crippen LogP) is 5.17. The minimum atomic E-state index is 0.807. The normalized spacial score (nSPS) is 11.1. The Bertz CT molecular complexity index is 979. The third-order valence-corrected chi connectivity index (χ3v) is 4.34. The monoisotopic (exact) mass is 302 g/mol. The lowest BCUT2D eigenvalue weighted by Crippen LogP contribution is -1.93. The number of benzene rings is 3. The Morgan fingerprint density at radius 2 is 1.55 bits per heavy atom. The van der Waals surface area contributed by atoms with Crippen LogP contribution in [0, 0.1) is 0 Å². The quantitative estimate of drug-likeness (QED) is 0.377. The second-order valence-corrected chi connectivity index (χ2v) is 5.91. The van der Waals surface area contributed by atoms with Gasteiger partial charge in [-0.15, -0.1) is 0 Å². The molecule has 0 amide bonds. The molecule has 0 unspecified atom stereocenters. The van der Waals surface area contributed by atoms with E-state index in [1.54, 1.807) is 11.8 Å². The van der Waals surface area contributed by atoms with E-state index in [0.717, 1.165) is 27.3 Å². The largest absolute Gasteiger partial charge is 0.222 e. The lowest BCUT2D eigenvalue weighted by molar-refractivity contribution is 1.01. The lowest BCUT2D eigenvalue weighted by Gasteiger charge is -2.08. The third kappa shape index (κ3) is 2.24. The van der Waals surface area contributed by atoms with Crippen LogP contribution in [0.15, 0.2) is 71.9 Å². The SMILES string of the molecule is CSc1nc(-c2ccc3ccccc3c2)c2ccccc2n1. The molecule has 3 aromatic carbocycles. The van der Waals surface area contributed by atoms with Gasteiger partial charge in [0.25, 0.3) is 0 Å². The van der Waals surface area contributed by atoms with Gasteiger partial charge < -0.3 is 0 Å². The zero-order valence-electron chi connectivity index (χ0n) is 12.2. The molecule has 4 rings (SSSR count). The van der Waals surface area contributed by atoms with Crippen LogP contribution in [0.25, 0.3) is 32.9 Å². The van der Waals surface area contributed by atoms with Gasteiger partial charge in [-0.3, -0.25) is 0 Å². The summed E-state index contributed by atoms with van der Waals surface area (Å²) in [5.74, 6) is 0. The first kappa shape index (κ1) is 13.3. The first-order valence-corrected chi connectivity index (χ1v) is 8.37. The topological polar surface area (TPSA) is 25.8 Å². The predicted molar refractivity (Wildman–Crippen MR) is 94.3 cm³/mol. The summed E-state index contributed by atoms with van der Waals surface area (Å²) < 4.78 is 0. The standard InChI is InChI=1S/C19H14N2S/c1-22-19-20-17-9-5-4-8-16(17)18(21-19)15-11-10-13-6-2-3-7-14(13)12-15/h2-12H,1H3. The van der Waals surface area contributed by atoms with Crippen molar-refractivity contribution in [2.75, 3.05) is 6.26 Å². The van der Waals surface area contributed by atoms with Crippen molar-refractivity contribution < 1.29 is 0 Å². The van der Waals surface area contributed by atoms with Gasteiger partial charge in [-0.25, -0.2) is 9.97 Å². The smallest absolute Gasteiger partial charge is 0.188 e. The summed E-state index contributed by atoms with van der Waals surface area (Å²) in [7, 11) is 0. The van der Waals surface area contributed by atoms with Gasteiger partial charge >= 0.3 is 0 Å². The number of nitrogens with zero attached hydrogens (tertiary/aromatic N) is 2. The van der Waals surface area contributed by atoms with Crippen LogP contribution < -0.4 is 0 Å². The summed E-state index contributed by atoms with van der Waals surface area (Å²) in [5, 5.41) is 4.38. The highest BCUT2D eigenvalue weighted by atomic mass is 32.2. The van der Waals surface area contributed by atoms with E-state index < -0.39 is 0 Å². The highest BCUT2D eigenvalue weighted by Crippen LogP contribution is 2.30. The maximum absolute atomic E-state index is 4.75. The molecular formula is C19H14N2S. The average Bonchev–Trinajstić information content (AvgIpc) is 2.60. The van der Waals surface area contributed by atoms with E-state index in [9.17, 15) is 0 Å². The van der Waals surface area contributed by atoms with E-state index >= 15 is 0 Å². The Labute approximate surface area is 133 Å². The summed E-state index contributed by atoms with van der Waals surface area (Å²) in [6, 6.07) is 23.1. The molecule has 22 heavy (non-hydrogen) atoms. The van der Waals surface area contributed by atoms with E-state index in [0.29, 0.717) is 0 Å². The van der Waals surface area contributed by atoms with Crippen LogP contribution in [0.4, 0.5) is 0 Å². The molecule has 0 N–H and O–H groups in total. The number of fused-ring (bicyclic) bond motifs is 2. The van der Waals surface area contributed by atoms with Crippen molar-refractivity contribution in [3.8, 4) is 11.3 Å². The van der Waals surface area contributed by atoms with Crippen molar-refractivity contribution in [3.63, 3.8) is 0 Å². The van der Waals surface area contributed by atoms with Gasteiger partial charge in [0.1, 0.15) is 0 Å². The number of hydrogen-bond acceptors (Lipinski definition) is 3. The summed E-state index contributed by atoms with van der Waals surface area (Å²) >= 11 is 1.57. The molecule has 106 valence electrons. The number of thioether (sulfide) groups is 1. The third-order valence-electron chi connectivity index (χ3n) is 3.79. The van der Waals surface area contributed by atoms with Crippen molar-refractivity contribution >= 4 is 33.4 Å². The van der Waals surface area contributed by atoms with Crippen molar-refractivity contribution in [1.29, 1.82) is 0 Å². The van der Waals surface area contributed by atoms with Crippen molar-refractivity contribution in [1.82, 2.24) is 9.97 Å². The first-order chi connectivity index (χ1) is 10.8. The van der Waals surface area contributed by atoms with Crippen LogP contribution in [0.2, 0.25) is 0 Å². The summed E-state index contributed by atoms with van der Waals surface area (Å²) in [6.07, 6.45) is 2.01. The molecule has 4 aromatic rings. The molecule has 0 atom stereocenters. The molecule has 1 heterocycles. The van der Waals surface area contributed by atoms with Crippen LogP contribution in [0.3, 0.4) is 0 Å². The van der Waals surface area contributed by atoms with Gasteiger partial charge in [0.2, 0.25) is 0 Å². The van der Waals surface area contributed by atoms with Gasteiger partial charge in [0.05, 0.1) is 11.2 Å². The molecule has 0 radical (unpaired) electrons. The maximum Gasteiger partial charge on any atom is 0.188 e. The molecule has 0 aliphatic heterocycles. The minimum absolute atomic E-state index is 0.807. The fourth-order valence-corrected chi connectivity index (χ4v) is 3.08. The van der Waals surface area contributed by atoms with Crippen LogP contribution in [0.1, 0.15) is 0 Å². The van der Waals surface area contributed by atoms with Crippen LogP contribution >= 0.6 is 11.8 Å². The fourth-order valence-electron chi connectivity index (χ4n) is 2.70. The summed E-state index contributed by atoms with van der Waals surface area (Å²) in [6.45, 7) is 0. The van der Waals surface area contributed by atoms with Gasteiger partial charge in [-0.1, -0.05) is 66.4 Å². The average molecular weight is 302 g/mol. The zero-order chi connectivity index (χ0) is 14.9. The molecule has 0 bridgehead atoms. The van der Waals surface area contributed by atoms with Gasteiger partial charge in [-0.2, -0.15) is 0 Å². The van der Waals surface area contributed by atoms with E-state index in [1.165, 1.54) is 10.8 Å². The molecular weight excluding hydrogens is 288 g/mol. The summed E-state index contributed by atoms with van der Waals surface area (Å²) in [5.41, 5.74) is 3.12. The van der Waals surface area contributed by atoms with E-state index in [2.05, 4.69) is 53.5 Å². The van der Waals surface area contributed by atoms with Crippen LogP contribution in [-0.2, 0) is 0 Å². The fraction of sp³-hybridized carbons (Fsp3) is 0.0526. The Balaban J connectivity index is 2.02. The Kier molecular flexibility index (Phi) is 3.28. The molecule has 0 spiro atoms. The van der Waals surface area contributed by atoms with Crippen LogP contribution in [0.5, 0.6) is 0 Å². The molecule has 3 heteroatoms. The summed E-state index contributed by atoms with van der Waals surface area (Å²) in [4.78, 5) is 9.34. The molecule has 0 saturated carbocycles. The minimum Gasteiger partial charge on any atom is -0.222 e. The zero-order valence-corrected chi connectivity index (χ0v) is 13.0. The highest BCUT2D eigenvalue weighted by molar-refractivity contribution is 7.98. The lowest BCUT2D eigenvalue weighted by atomic mass is 10.0. The van der Waals surface area contributed by atoms with E-state index in [-0.39, 0.29) is 0 Å². The molecule has 0 saturated heterocycles. The second-order valence-electron chi connectivity index (χ2n) is 5.14. The molecule has 1 aromatic heterocycles. The number of hydrogen-bond donors (Lipinski definition) is 0. The Hall–Kier alpha value is -2.39. The molecule has 0 aliphatic rings. The number of para-hydroxylation sites is 1. The van der Waals surface area contributed by atoms with Crippen molar-refractivity contribution in [2.45, 2.75) is 5.16 Å². The highest BCUT2D eigenvalue weighted by Gasteiger charge is 2.09.